The Labute approximate surface area is 108 Å². The zero-order valence-electron chi connectivity index (χ0n) is 10.6. The van der Waals surface area contributed by atoms with Crippen LogP contribution in [0, 0.1) is 17.2 Å². The maximum absolute atomic E-state index is 12.0. The van der Waals surface area contributed by atoms with Crippen molar-refractivity contribution in [2.75, 3.05) is 0 Å². The molecule has 0 saturated heterocycles. The standard InChI is InChI=1S/C15H18N2O/c1-2-5-12(10-16)15(18)17-14-9-8-11-6-3-4-7-13(11)14/h3-4,6-7,12,14H,2,5,8-9H2,1H3,(H,17,18). The van der Waals surface area contributed by atoms with Gasteiger partial charge in [0, 0.05) is 0 Å². The Morgan fingerprint density at radius 3 is 3.06 bits per heavy atom. The normalized spacial score (nSPS) is 18.8. The largest absolute Gasteiger partial charge is 0.348 e. The van der Waals surface area contributed by atoms with Gasteiger partial charge in [-0.3, -0.25) is 4.79 Å². The second-order valence-electron chi connectivity index (χ2n) is 4.77. The van der Waals surface area contributed by atoms with Crippen molar-refractivity contribution in [3.8, 4) is 6.07 Å². The number of rotatable bonds is 4. The summed E-state index contributed by atoms with van der Waals surface area (Å²) in [5, 5.41) is 12.0. The van der Waals surface area contributed by atoms with Crippen LogP contribution in [0.4, 0.5) is 0 Å². The number of hydrogen-bond acceptors (Lipinski definition) is 2. The van der Waals surface area contributed by atoms with Crippen LogP contribution in [-0.4, -0.2) is 5.91 Å². The van der Waals surface area contributed by atoms with E-state index in [4.69, 9.17) is 5.26 Å². The van der Waals surface area contributed by atoms with Crippen LogP contribution < -0.4 is 5.32 Å². The molecule has 3 heteroatoms. The molecule has 1 aromatic rings. The Bertz CT molecular complexity index is 476. The van der Waals surface area contributed by atoms with Gasteiger partial charge in [0.1, 0.15) is 5.92 Å². The molecule has 1 amide bonds. The van der Waals surface area contributed by atoms with Crippen LogP contribution >= 0.6 is 0 Å². The fourth-order valence-corrected chi connectivity index (χ4v) is 2.52. The molecule has 2 atom stereocenters. The minimum absolute atomic E-state index is 0.0846. The lowest BCUT2D eigenvalue weighted by atomic mass is 10.0. The quantitative estimate of drug-likeness (QED) is 0.882. The van der Waals surface area contributed by atoms with E-state index in [0.29, 0.717) is 6.42 Å². The molecule has 0 fully saturated rings. The van der Waals surface area contributed by atoms with Gasteiger partial charge in [0.2, 0.25) is 5.91 Å². The van der Waals surface area contributed by atoms with E-state index in [9.17, 15) is 4.79 Å². The minimum atomic E-state index is -0.511. The van der Waals surface area contributed by atoms with Gasteiger partial charge in [-0.05, 0) is 30.4 Å². The van der Waals surface area contributed by atoms with Crippen LogP contribution in [-0.2, 0) is 11.2 Å². The molecule has 0 radical (unpaired) electrons. The van der Waals surface area contributed by atoms with E-state index in [-0.39, 0.29) is 11.9 Å². The van der Waals surface area contributed by atoms with E-state index in [1.807, 2.05) is 19.1 Å². The zero-order valence-corrected chi connectivity index (χ0v) is 10.6. The van der Waals surface area contributed by atoms with Gasteiger partial charge in [0.25, 0.3) is 0 Å². The third kappa shape index (κ3) is 2.53. The van der Waals surface area contributed by atoms with Crippen LogP contribution in [0.15, 0.2) is 24.3 Å². The molecule has 18 heavy (non-hydrogen) atoms. The van der Waals surface area contributed by atoms with Crippen molar-refractivity contribution in [2.45, 2.75) is 38.6 Å². The van der Waals surface area contributed by atoms with Crippen LogP contribution in [0.5, 0.6) is 0 Å². The zero-order chi connectivity index (χ0) is 13.0. The van der Waals surface area contributed by atoms with Gasteiger partial charge >= 0.3 is 0 Å². The second-order valence-corrected chi connectivity index (χ2v) is 4.77. The third-order valence-corrected chi connectivity index (χ3v) is 3.50. The summed E-state index contributed by atoms with van der Waals surface area (Å²) in [7, 11) is 0. The summed E-state index contributed by atoms with van der Waals surface area (Å²) in [5.74, 6) is -0.635. The predicted octanol–water partition coefficient (Wildman–Crippen LogP) is 2.73. The summed E-state index contributed by atoms with van der Waals surface area (Å²) in [6.07, 6.45) is 3.44. The number of hydrogen-bond donors (Lipinski definition) is 1. The van der Waals surface area contributed by atoms with Crippen molar-refractivity contribution in [3.63, 3.8) is 0 Å². The van der Waals surface area contributed by atoms with Crippen molar-refractivity contribution in [2.24, 2.45) is 5.92 Å². The maximum Gasteiger partial charge on any atom is 0.237 e. The SMILES string of the molecule is CCCC(C#N)C(=O)NC1CCc2ccccc21. The summed E-state index contributed by atoms with van der Waals surface area (Å²) in [4.78, 5) is 12.0. The first kappa shape index (κ1) is 12.6. The molecule has 3 nitrogen and oxygen atoms in total. The van der Waals surface area contributed by atoms with Gasteiger partial charge < -0.3 is 5.32 Å². The molecule has 1 N–H and O–H groups in total. The van der Waals surface area contributed by atoms with Crippen molar-refractivity contribution >= 4 is 5.91 Å². The Hall–Kier alpha value is -1.82. The molecule has 2 unspecified atom stereocenters. The number of carbonyl (C=O) groups excluding carboxylic acids is 1. The number of nitrogens with zero attached hydrogens (tertiary/aromatic N) is 1. The molecule has 0 spiro atoms. The van der Waals surface area contributed by atoms with Gasteiger partial charge in [-0.15, -0.1) is 0 Å². The Balaban J connectivity index is 2.04. The molecular formula is C15H18N2O. The molecule has 1 aliphatic carbocycles. The minimum Gasteiger partial charge on any atom is -0.348 e. The predicted molar refractivity (Wildman–Crippen MR) is 69.7 cm³/mol. The smallest absolute Gasteiger partial charge is 0.237 e. The number of carbonyl (C=O) groups is 1. The highest BCUT2D eigenvalue weighted by molar-refractivity contribution is 5.81. The van der Waals surface area contributed by atoms with E-state index < -0.39 is 5.92 Å². The van der Waals surface area contributed by atoms with E-state index in [1.165, 1.54) is 11.1 Å². The summed E-state index contributed by atoms with van der Waals surface area (Å²) >= 11 is 0. The van der Waals surface area contributed by atoms with Crippen molar-refractivity contribution in [3.05, 3.63) is 35.4 Å². The lowest BCUT2D eigenvalue weighted by molar-refractivity contribution is -0.124. The van der Waals surface area contributed by atoms with Crippen LogP contribution in [0.3, 0.4) is 0 Å². The molecule has 0 aromatic heterocycles. The lowest BCUT2D eigenvalue weighted by Gasteiger charge is -2.16. The fourth-order valence-electron chi connectivity index (χ4n) is 2.52. The Morgan fingerprint density at radius 2 is 2.33 bits per heavy atom. The maximum atomic E-state index is 12.0. The molecule has 0 heterocycles. The summed E-state index contributed by atoms with van der Waals surface area (Å²) in [6.45, 7) is 1.99. The fraction of sp³-hybridized carbons (Fsp3) is 0.467. The first-order chi connectivity index (χ1) is 8.76. The molecule has 0 saturated carbocycles. The summed E-state index contributed by atoms with van der Waals surface area (Å²) in [6, 6.07) is 10.4. The molecule has 2 rings (SSSR count). The number of nitrogens with one attached hydrogen (secondary N) is 1. The van der Waals surface area contributed by atoms with Crippen molar-refractivity contribution in [1.29, 1.82) is 5.26 Å². The van der Waals surface area contributed by atoms with E-state index in [2.05, 4.69) is 23.5 Å². The summed E-state index contributed by atoms with van der Waals surface area (Å²) < 4.78 is 0. The van der Waals surface area contributed by atoms with E-state index in [0.717, 1.165) is 19.3 Å². The third-order valence-electron chi connectivity index (χ3n) is 3.50. The first-order valence-corrected chi connectivity index (χ1v) is 6.54. The number of benzene rings is 1. The Morgan fingerprint density at radius 1 is 1.56 bits per heavy atom. The van der Waals surface area contributed by atoms with E-state index in [1.54, 1.807) is 0 Å². The van der Waals surface area contributed by atoms with Gasteiger partial charge in [-0.1, -0.05) is 37.6 Å². The molecular weight excluding hydrogens is 224 g/mol. The molecule has 0 bridgehead atoms. The molecule has 1 aliphatic rings. The van der Waals surface area contributed by atoms with Gasteiger partial charge in [-0.25, -0.2) is 0 Å². The first-order valence-electron chi connectivity index (χ1n) is 6.54. The number of aryl methyl sites for hydroxylation is 1. The van der Waals surface area contributed by atoms with Gasteiger partial charge in [-0.2, -0.15) is 5.26 Å². The van der Waals surface area contributed by atoms with Crippen molar-refractivity contribution < 1.29 is 4.79 Å². The number of nitriles is 1. The monoisotopic (exact) mass is 242 g/mol. The van der Waals surface area contributed by atoms with Crippen molar-refractivity contribution in [1.82, 2.24) is 5.32 Å². The van der Waals surface area contributed by atoms with Crippen LogP contribution in [0.1, 0.15) is 43.4 Å². The Kier molecular flexibility index (Phi) is 3.99. The molecule has 0 aliphatic heterocycles. The topological polar surface area (TPSA) is 52.9 Å². The molecule has 1 aromatic carbocycles. The highest BCUT2D eigenvalue weighted by Crippen LogP contribution is 2.30. The van der Waals surface area contributed by atoms with Crippen LogP contribution in [0.2, 0.25) is 0 Å². The highest BCUT2D eigenvalue weighted by Gasteiger charge is 2.26. The number of fused-ring (bicyclic) bond motifs is 1. The van der Waals surface area contributed by atoms with Gasteiger partial charge in [0.05, 0.1) is 12.1 Å². The average molecular weight is 242 g/mol. The number of amides is 1. The second kappa shape index (κ2) is 5.68. The van der Waals surface area contributed by atoms with E-state index >= 15 is 0 Å². The lowest BCUT2D eigenvalue weighted by Crippen LogP contribution is -2.32. The van der Waals surface area contributed by atoms with Crippen LogP contribution in [0.25, 0.3) is 0 Å². The summed E-state index contributed by atoms with van der Waals surface area (Å²) in [5.41, 5.74) is 2.52. The average Bonchev–Trinajstić information content (AvgIpc) is 2.79. The highest BCUT2D eigenvalue weighted by atomic mass is 16.1. The molecule has 94 valence electrons. The van der Waals surface area contributed by atoms with Gasteiger partial charge in [0.15, 0.2) is 0 Å².